The summed E-state index contributed by atoms with van der Waals surface area (Å²) in [4.78, 5) is 8.03. The minimum atomic E-state index is 0.0455. The van der Waals surface area contributed by atoms with Crippen molar-refractivity contribution < 1.29 is 4.74 Å². The smallest absolute Gasteiger partial charge is 0.222 e. The van der Waals surface area contributed by atoms with E-state index in [2.05, 4.69) is 16.9 Å². The van der Waals surface area contributed by atoms with Crippen LogP contribution in [-0.4, -0.2) is 16.1 Å². The number of hydrogen-bond acceptors (Lipinski definition) is 6. The largest absolute Gasteiger partial charge is 0.382 e. The summed E-state index contributed by atoms with van der Waals surface area (Å²) in [6.07, 6.45) is 1.09. The molecule has 6 heteroatoms. The van der Waals surface area contributed by atoms with Crippen molar-refractivity contribution in [2.75, 3.05) is 11.5 Å². The SMILES string of the molecule is CCC(C)OCc1ccccc1-c1nc(N)nc(N)c1C#N. The first-order chi connectivity index (χ1) is 10.6. The molecule has 6 nitrogen and oxygen atoms in total. The number of nitrogen functional groups attached to an aromatic ring is 2. The topological polar surface area (TPSA) is 111 Å². The van der Waals surface area contributed by atoms with Gasteiger partial charge in [0.05, 0.1) is 18.4 Å². The second-order valence-electron chi connectivity index (χ2n) is 4.99. The number of anilines is 2. The minimum absolute atomic E-state index is 0.0455. The van der Waals surface area contributed by atoms with Gasteiger partial charge in [-0.2, -0.15) is 10.2 Å². The second kappa shape index (κ2) is 6.87. The lowest BCUT2D eigenvalue weighted by Gasteiger charge is -2.14. The molecule has 22 heavy (non-hydrogen) atoms. The van der Waals surface area contributed by atoms with Crippen molar-refractivity contribution in [2.24, 2.45) is 0 Å². The standard InChI is InChI=1S/C16H19N5O/c1-3-10(2)22-9-11-6-4-5-7-12(11)14-13(8-17)15(18)21-16(19)20-14/h4-7,10H,3,9H2,1-2H3,(H4,18,19,20,21). The fourth-order valence-electron chi connectivity index (χ4n) is 2.03. The van der Waals surface area contributed by atoms with Gasteiger partial charge < -0.3 is 16.2 Å². The first-order valence-electron chi connectivity index (χ1n) is 7.09. The zero-order valence-electron chi connectivity index (χ0n) is 12.7. The van der Waals surface area contributed by atoms with Crippen molar-refractivity contribution in [2.45, 2.75) is 33.0 Å². The van der Waals surface area contributed by atoms with Gasteiger partial charge in [0.1, 0.15) is 17.5 Å². The summed E-state index contributed by atoms with van der Waals surface area (Å²) < 4.78 is 5.78. The highest BCUT2D eigenvalue weighted by Crippen LogP contribution is 2.28. The molecule has 0 radical (unpaired) electrons. The Balaban J connectivity index is 2.48. The first-order valence-corrected chi connectivity index (χ1v) is 7.09. The number of nitriles is 1. The summed E-state index contributed by atoms with van der Waals surface area (Å²) in [5.41, 5.74) is 13.8. The zero-order valence-corrected chi connectivity index (χ0v) is 12.7. The van der Waals surface area contributed by atoms with E-state index in [1.165, 1.54) is 0 Å². The average Bonchev–Trinajstić information content (AvgIpc) is 2.52. The Morgan fingerprint density at radius 2 is 2.00 bits per heavy atom. The molecule has 2 aromatic rings. The van der Waals surface area contributed by atoms with Gasteiger partial charge in [-0.15, -0.1) is 0 Å². The van der Waals surface area contributed by atoms with Crippen molar-refractivity contribution in [1.82, 2.24) is 9.97 Å². The lowest BCUT2D eigenvalue weighted by Crippen LogP contribution is -2.08. The molecule has 4 N–H and O–H groups in total. The highest BCUT2D eigenvalue weighted by Gasteiger charge is 2.16. The van der Waals surface area contributed by atoms with E-state index in [1.54, 1.807) is 0 Å². The van der Waals surface area contributed by atoms with Crippen molar-refractivity contribution in [3.63, 3.8) is 0 Å². The second-order valence-corrected chi connectivity index (χ2v) is 4.99. The fraction of sp³-hybridized carbons (Fsp3) is 0.312. The van der Waals surface area contributed by atoms with Gasteiger partial charge in [0.15, 0.2) is 0 Å². The molecule has 1 atom stereocenters. The molecule has 0 spiro atoms. The molecule has 2 rings (SSSR count). The van der Waals surface area contributed by atoms with Crippen LogP contribution in [-0.2, 0) is 11.3 Å². The van der Waals surface area contributed by atoms with Crippen LogP contribution < -0.4 is 11.5 Å². The molecule has 1 aromatic heterocycles. The van der Waals surface area contributed by atoms with Gasteiger partial charge in [-0.05, 0) is 18.9 Å². The number of nitrogens with zero attached hydrogens (tertiary/aromatic N) is 3. The van der Waals surface area contributed by atoms with Gasteiger partial charge in [0, 0.05) is 5.56 Å². The van der Waals surface area contributed by atoms with E-state index in [0.29, 0.717) is 12.3 Å². The van der Waals surface area contributed by atoms with Crippen molar-refractivity contribution in [3.05, 3.63) is 35.4 Å². The summed E-state index contributed by atoms with van der Waals surface area (Å²) in [5.74, 6) is 0.131. The lowest BCUT2D eigenvalue weighted by molar-refractivity contribution is 0.0511. The predicted molar refractivity (Wildman–Crippen MR) is 85.5 cm³/mol. The lowest BCUT2D eigenvalue weighted by atomic mass is 10.0. The zero-order chi connectivity index (χ0) is 16.1. The molecule has 0 bridgehead atoms. The van der Waals surface area contributed by atoms with Crippen LogP contribution in [0.2, 0.25) is 0 Å². The van der Waals surface area contributed by atoms with Crippen LogP contribution in [0.1, 0.15) is 31.4 Å². The maximum atomic E-state index is 9.32. The summed E-state index contributed by atoms with van der Waals surface area (Å²) in [7, 11) is 0. The Morgan fingerprint density at radius 3 is 2.68 bits per heavy atom. The number of hydrogen-bond donors (Lipinski definition) is 2. The quantitative estimate of drug-likeness (QED) is 0.877. The third kappa shape index (κ3) is 3.32. The molecular formula is C16H19N5O. The Bertz CT molecular complexity index is 708. The van der Waals surface area contributed by atoms with E-state index < -0.39 is 0 Å². The first kappa shape index (κ1) is 15.7. The van der Waals surface area contributed by atoms with Gasteiger partial charge in [0.25, 0.3) is 0 Å². The molecule has 0 fully saturated rings. The van der Waals surface area contributed by atoms with Crippen molar-refractivity contribution in [1.29, 1.82) is 5.26 Å². The van der Waals surface area contributed by atoms with Gasteiger partial charge in [0.2, 0.25) is 5.95 Å². The molecular weight excluding hydrogens is 278 g/mol. The number of ether oxygens (including phenoxy) is 1. The summed E-state index contributed by atoms with van der Waals surface area (Å²) in [6.45, 7) is 4.51. The van der Waals surface area contributed by atoms with Gasteiger partial charge in [-0.3, -0.25) is 0 Å². The van der Waals surface area contributed by atoms with Crippen LogP contribution in [0, 0.1) is 11.3 Å². The van der Waals surface area contributed by atoms with Crippen LogP contribution in [0.15, 0.2) is 24.3 Å². The highest BCUT2D eigenvalue weighted by molar-refractivity contribution is 5.75. The van der Waals surface area contributed by atoms with E-state index in [-0.39, 0.29) is 23.4 Å². The van der Waals surface area contributed by atoms with Crippen molar-refractivity contribution >= 4 is 11.8 Å². The number of nitrogens with two attached hydrogens (primary N) is 2. The molecule has 0 aliphatic rings. The average molecular weight is 297 g/mol. The third-order valence-corrected chi connectivity index (χ3v) is 3.44. The van der Waals surface area contributed by atoms with E-state index in [0.717, 1.165) is 17.5 Å². The van der Waals surface area contributed by atoms with E-state index >= 15 is 0 Å². The summed E-state index contributed by atoms with van der Waals surface area (Å²) in [6, 6.07) is 9.64. The third-order valence-electron chi connectivity index (χ3n) is 3.44. The molecule has 1 unspecified atom stereocenters. The molecule has 1 heterocycles. The van der Waals surface area contributed by atoms with E-state index in [1.807, 2.05) is 37.3 Å². The minimum Gasteiger partial charge on any atom is -0.382 e. The monoisotopic (exact) mass is 297 g/mol. The molecule has 0 aliphatic carbocycles. The van der Waals surface area contributed by atoms with Crippen LogP contribution in [0.4, 0.5) is 11.8 Å². The number of benzene rings is 1. The van der Waals surface area contributed by atoms with Crippen LogP contribution in [0.3, 0.4) is 0 Å². The molecule has 0 saturated heterocycles. The van der Waals surface area contributed by atoms with Crippen LogP contribution >= 0.6 is 0 Å². The molecule has 1 aromatic carbocycles. The fourth-order valence-corrected chi connectivity index (χ4v) is 2.03. The molecule has 0 amide bonds. The van der Waals surface area contributed by atoms with E-state index in [9.17, 15) is 5.26 Å². The number of rotatable bonds is 5. The Hall–Kier alpha value is -2.65. The van der Waals surface area contributed by atoms with Crippen molar-refractivity contribution in [3.8, 4) is 17.3 Å². The summed E-state index contributed by atoms with van der Waals surface area (Å²) >= 11 is 0. The summed E-state index contributed by atoms with van der Waals surface area (Å²) in [5, 5.41) is 9.32. The number of aromatic nitrogens is 2. The highest BCUT2D eigenvalue weighted by atomic mass is 16.5. The Kier molecular flexibility index (Phi) is 4.92. The maximum Gasteiger partial charge on any atom is 0.222 e. The Labute approximate surface area is 129 Å². The van der Waals surface area contributed by atoms with Gasteiger partial charge in [-0.25, -0.2) is 4.98 Å². The molecule has 0 saturated carbocycles. The Morgan fingerprint density at radius 1 is 1.27 bits per heavy atom. The van der Waals surface area contributed by atoms with Gasteiger partial charge >= 0.3 is 0 Å². The van der Waals surface area contributed by atoms with E-state index in [4.69, 9.17) is 16.2 Å². The van der Waals surface area contributed by atoms with Crippen LogP contribution in [0.25, 0.3) is 11.3 Å². The normalized spacial score (nSPS) is 11.9. The van der Waals surface area contributed by atoms with Crippen LogP contribution in [0.5, 0.6) is 0 Å². The molecule has 0 aliphatic heterocycles. The predicted octanol–water partition coefficient (Wildman–Crippen LogP) is 2.49. The molecule has 114 valence electrons. The maximum absolute atomic E-state index is 9.32. The van der Waals surface area contributed by atoms with Gasteiger partial charge in [-0.1, -0.05) is 31.2 Å².